The van der Waals surface area contributed by atoms with Gasteiger partial charge in [-0.3, -0.25) is 9.59 Å². The Bertz CT molecular complexity index is 1120. The molecular formula is C23H27N3O3. The van der Waals surface area contributed by atoms with Crippen LogP contribution in [0.25, 0.3) is 5.52 Å². The average Bonchev–Trinajstić information content (AvgIpc) is 3.05. The summed E-state index contributed by atoms with van der Waals surface area (Å²) in [4.78, 5) is 27.9. The van der Waals surface area contributed by atoms with Crippen LogP contribution in [0, 0.1) is 20.8 Å². The molecule has 0 aliphatic carbocycles. The van der Waals surface area contributed by atoms with E-state index in [1.807, 2.05) is 62.6 Å². The zero-order valence-corrected chi connectivity index (χ0v) is 17.3. The van der Waals surface area contributed by atoms with Crippen molar-refractivity contribution < 1.29 is 9.53 Å². The van der Waals surface area contributed by atoms with Gasteiger partial charge in [0, 0.05) is 35.1 Å². The van der Waals surface area contributed by atoms with Crippen LogP contribution in [0.5, 0.6) is 0 Å². The van der Waals surface area contributed by atoms with Gasteiger partial charge in [-0.1, -0.05) is 6.08 Å². The molecule has 1 amide bonds. The molecule has 0 radical (unpaired) electrons. The van der Waals surface area contributed by atoms with E-state index in [0.717, 1.165) is 28.0 Å². The molecule has 3 aromatic heterocycles. The van der Waals surface area contributed by atoms with Crippen LogP contribution < -0.4 is 10.9 Å². The maximum Gasteiger partial charge on any atom is 0.253 e. The third-order valence-corrected chi connectivity index (χ3v) is 5.07. The maximum absolute atomic E-state index is 12.9. The monoisotopic (exact) mass is 393 g/mol. The molecule has 0 aliphatic heterocycles. The Balaban J connectivity index is 1.91. The number of fused-ring (bicyclic) bond motifs is 1. The lowest BCUT2D eigenvalue weighted by Gasteiger charge is -2.17. The first-order valence-corrected chi connectivity index (χ1v) is 9.63. The van der Waals surface area contributed by atoms with Crippen LogP contribution in [0.1, 0.15) is 51.5 Å². The van der Waals surface area contributed by atoms with Crippen molar-refractivity contribution in [3.05, 3.63) is 87.1 Å². The number of H-pyrrole nitrogens is 1. The third kappa shape index (κ3) is 4.32. The van der Waals surface area contributed by atoms with Crippen LogP contribution in [0.15, 0.2) is 47.9 Å². The summed E-state index contributed by atoms with van der Waals surface area (Å²) < 4.78 is 7.82. The van der Waals surface area contributed by atoms with Gasteiger partial charge in [-0.15, -0.1) is 6.58 Å². The summed E-state index contributed by atoms with van der Waals surface area (Å²) in [7, 11) is 0. The molecular weight excluding hydrogens is 366 g/mol. The molecule has 0 saturated carbocycles. The van der Waals surface area contributed by atoms with Crippen LogP contribution in [0.4, 0.5) is 0 Å². The number of hydrogen-bond acceptors (Lipinski definition) is 3. The molecule has 0 spiro atoms. The minimum Gasteiger partial charge on any atom is -0.368 e. The molecule has 6 nitrogen and oxygen atoms in total. The molecule has 6 heteroatoms. The topological polar surface area (TPSA) is 75.6 Å². The summed E-state index contributed by atoms with van der Waals surface area (Å²) in [6, 6.07) is 7.61. The summed E-state index contributed by atoms with van der Waals surface area (Å²) in [5, 5.41) is 2.88. The molecule has 0 saturated heterocycles. The molecule has 0 aromatic carbocycles. The molecule has 152 valence electrons. The Hall–Kier alpha value is -3.12. The predicted octanol–water partition coefficient (Wildman–Crippen LogP) is 3.75. The molecule has 3 heterocycles. The Morgan fingerprint density at radius 2 is 2.03 bits per heavy atom. The van der Waals surface area contributed by atoms with Crippen LogP contribution in [-0.2, 0) is 11.3 Å². The van der Waals surface area contributed by atoms with E-state index in [9.17, 15) is 9.59 Å². The van der Waals surface area contributed by atoms with Gasteiger partial charge in [0.25, 0.3) is 11.5 Å². The number of aryl methyl sites for hydroxylation is 3. The second-order valence-electron chi connectivity index (χ2n) is 7.31. The maximum atomic E-state index is 12.9. The number of pyridine rings is 2. The largest absolute Gasteiger partial charge is 0.368 e. The second kappa shape index (κ2) is 8.49. The molecule has 1 atom stereocenters. The summed E-state index contributed by atoms with van der Waals surface area (Å²) in [6.07, 6.45) is 3.47. The first-order chi connectivity index (χ1) is 13.8. The number of hydrogen-bond donors (Lipinski definition) is 2. The molecule has 29 heavy (non-hydrogen) atoms. The Morgan fingerprint density at radius 3 is 2.72 bits per heavy atom. The highest BCUT2D eigenvalue weighted by molar-refractivity contribution is 5.95. The summed E-state index contributed by atoms with van der Waals surface area (Å²) in [5.74, 6) is -0.232. The van der Waals surface area contributed by atoms with Gasteiger partial charge in [0.2, 0.25) is 0 Å². The van der Waals surface area contributed by atoms with Crippen LogP contribution in [0.3, 0.4) is 0 Å². The van der Waals surface area contributed by atoms with Crippen molar-refractivity contribution in [1.29, 1.82) is 0 Å². The minimum atomic E-state index is -0.232. The lowest BCUT2D eigenvalue weighted by Crippen LogP contribution is -2.28. The molecule has 0 aliphatic rings. The fourth-order valence-electron chi connectivity index (χ4n) is 3.48. The van der Waals surface area contributed by atoms with Gasteiger partial charge in [-0.05, 0) is 63.1 Å². The average molecular weight is 393 g/mol. The van der Waals surface area contributed by atoms with Crippen LogP contribution >= 0.6 is 0 Å². The van der Waals surface area contributed by atoms with Gasteiger partial charge in [-0.25, -0.2) is 0 Å². The van der Waals surface area contributed by atoms with E-state index in [2.05, 4.69) is 16.9 Å². The van der Waals surface area contributed by atoms with Gasteiger partial charge >= 0.3 is 0 Å². The normalized spacial score (nSPS) is 12.1. The quantitative estimate of drug-likeness (QED) is 0.601. The van der Waals surface area contributed by atoms with E-state index >= 15 is 0 Å². The van der Waals surface area contributed by atoms with Gasteiger partial charge in [0.15, 0.2) is 0 Å². The predicted molar refractivity (Wildman–Crippen MR) is 114 cm³/mol. The van der Waals surface area contributed by atoms with Crippen molar-refractivity contribution in [3.63, 3.8) is 0 Å². The van der Waals surface area contributed by atoms with Gasteiger partial charge in [0.05, 0.1) is 18.4 Å². The summed E-state index contributed by atoms with van der Waals surface area (Å²) >= 11 is 0. The lowest BCUT2D eigenvalue weighted by atomic mass is 10.1. The molecule has 3 rings (SSSR count). The number of aromatic nitrogens is 2. The number of nitrogens with one attached hydrogen (secondary N) is 2. The number of carbonyl (C=O) groups excluding carboxylic acids is 1. The van der Waals surface area contributed by atoms with Crippen molar-refractivity contribution in [1.82, 2.24) is 14.7 Å². The van der Waals surface area contributed by atoms with Crippen molar-refractivity contribution in [2.45, 2.75) is 40.3 Å². The lowest BCUT2D eigenvalue weighted by molar-refractivity contribution is 0.0844. The van der Waals surface area contributed by atoms with Crippen molar-refractivity contribution >= 4 is 11.4 Å². The SMILES string of the molecule is C=CCOC(C)c1cc(C(=O)NCc2c(C)cc(C)[nH]c2=O)cc2c(C)ccn12. The zero-order valence-electron chi connectivity index (χ0n) is 17.3. The van der Waals surface area contributed by atoms with E-state index in [0.29, 0.717) is 17.7 Å². The van der Waals surface area contributed by atoms with Gasteiger partial charge < -0.3 is 19.4 Å². The molecule has 1 unspecified atom stereocenters. The van der Waals surface area contributed by atoms with E-state index < -0.39 is 0 Å². The van der Waals surface area contributed by atoms with E-state index in [1.165, 1.54) is 0 Å². The third-order valence-electron chi connectivity index (χ3n) is 5.07. The highest BCUT2D eigenvalue weighted by Crippen LogP contribution is 2.24. The van der Waals surface area contributed by atoms with Crippen LogP contribution in [-0.4, -0.2) is 21.9 Å². The van der Waals surface area contributed by atoms with Crippen molar-refractivity contribution in [2.24, 2.45) is 0 Å². The van der Waals surface area contributed by atoms with E-state index in [-0.39, 0.29) is 24.1 Å². The number of aromatic amines is 1. The standard InChI is InChI=1S/C23H27N3O3/c1-6-9-29-17(5)21-12-18(11-20-14(2)7-8-26(20)21)22(27)24-13-19-15(3)10-16(4)25-23(19)28/h6-8,10-12,17H,1,9,13H2,2-5H3,(H,24,27)(H,25,28). The number of amides is 1. The number of ether oxygens (including phenoxy) is 1. The molecule has 0 bridgehead atoms. The second-order valence-corrected chi connectivity index (χ2v) is 7.31. The Labute approximate surface area is 170 Å². The smallest absolute Gasteiger partial charge is 0.253 e. The number of nitrogens with zero attached hydrogens (tertiary/aromatic N) is 1. The van der Waals surface area contributed by atoms with Gasteiger partial charge in [-0.2, -0.15) is 0 Å². The van der Waals surface area contributed by atoms with Gasteiger partial charge in [0.1, 0.15) is 0 Å². The number of rotatable bonds is 7. The molecule has 2 N–H and O–H groups in total. The zero-order chi connectivity index (χ0) is 21.1. The molecule has 0 fully saturated rings. The van der Waals surface area contributed by atoms with Crippen molar-refractivity contribution in [2.75, 3.05) is 6.61 Å². The summed E-state index contributed by atoms with van der Waals surface area (Å²) in [6.45, 7) is 11.9. The van der Waals surface area contributed by atoms with Crippen molar-refractivity contribution in [3.8, 4) is 0 Å². The summed E-state index contributed by atoms with van der Waals surface area (Å²) in [5.41, 5.74) is 5.48. The Morgan fingerprint density at radius 1 is 1.28 bits per heavy atom. The van der Waals surface area contributed by atoms with E-state index in [1.54, 1.807) is 6.08 Å². The fraction of sp³-hybridized carbons (Fsp3) is 0.304. The first-order valence-electron chi connectivity index (χ1n) is 9.63. The first kappa shape index (κ1) is 20.6. The highest BCUT2D eigenvalue weighted by Gasteiger charge is 2.16. The fourth-order valence-corrected chi connectivity index (χ4v) is 3.48. The highest BCUT2D eigenvalue weighted by atomic mass is 16.5. The minimum absolute atomic E-state index is 0.170. The molecule has 3 aromatic rings. The van der Waals surface area contributed by atoms with Crippen LogP contribution in [0.2, 0.25) is 0 Å². The Kier molecular flexibility index (Phi) is 6.03. The number of carbonyl (C=O) groups is 1. The van der Waals surface area contributed by atoms with E-state index in [4.69, 9.17) is 4.74 Å².